The molecule has 0 saturated carbocycles. The van der Waals surface area contributed by atoms with Crippen molar-refractivity contribution >= 4 is 27.9 Å². The zero-order valence-electron chi connectivity index (χ0n) is 19.2. The number of hydrogen-bond donors (Lipinski definition) is 1. The number of benzene rings is 2. The van der Waals surface area contributed by atoms with Crippen molar-refractivity contribution in [3.8, 4) is 0 Å². The van der Waals surface area contributed by atoms with Gasteiger partial charge in [0.25, 0.3) is 0 Å². The summed E-state index contributed by atoms with van der Waals surface area (Å²) in [5, 5.41) is 10.9. The Bertz CT molecular complexity index is 1200. The van der Waals surface area contributed by atoms with Gasteiger partial charge in [0.1, 0.15) is 5.60 Å². The Kier molecular flexibility index (Phi) is 5.98. The number of ether oxygens (including phenoxy) is 1. The lowest BCUT2D eigenvalue weighted by atomic mass is 10.0. The summed E-state index contributed by atoms with van der Waals surface area (Å²) in [6, 6.07) is 5.13. The van der Waals surface area contributed by atoms with E-state index in [0.717, 1.165) is 24.3 Å². The van der Waals surface area contributed by atoms with Gasteiger partial charge in [0.2, 0.25) is 0 Å². The molecule has 3 aromatic rings. The number of aliphatic hydroxyl groups excluding tert-OH is 1. The van der Waals surface area contributed by atoms with Crippen LogP contribution in [0.5, 0.6) is 0 Å². The van der Waals surface area contributed by atoms with Gasteiger partial charge >= 0.3 is 18.4 Å². The summed E-state index contributed by atoms with van der Waals surface area (Å²) in [4.78, 5) is 13.7. The largest absolute Gasteiger partial charge is 0.444 e. The van der Waals surface area contributed by atoms with E-state index in [-0.39, 0.29) is 41.3 Å². The Hall–Kier alpha value is -2.95. The number of aliphatic hydroxyl groups is 1. The molecule has 1 aliphatic rings. The first-order valence-electron chi connectivity index (χ1n) is 10.9. The Balaban J connectivity index is 1.80. The molecular weight excluding hydrogens is 478 g/mol. The lowest BCUT2D eigenvalue weighted by Crippen LogP contribution is -2.48. The Labute approximate surface area is 196 Å². The normalized spacial score (nSPS) is 20.0. The van der Waals surface area contributed by atoms with Gasteiger partial charge in [0.05, 0.1) is 29.8 Å². The third kappa shape index (κ3) is 4.91. The topological polar surface area (TPSA) is 54.7 Å². The van der Waals surface area contributed by atoms with Gasteiger partial charge in [0.15, 0.2) is 0 Å². The highest BCUT2D eigenvalue weighted by Crippen LogP contribution is 2.41. The molecule has 1 aliphatic heterocycles. The van der Waals surface area contributed by atoms with E-state index in [0.29, 0.717) is 0 Å². The fraction of sp³-hybridized carbons (Fsp3) is 0.458. The number of alkyl halides is 6. The number of piperidine rings is 1. The van der Waals surface area contributed by atoms with Gasteiger partial charge in [0, 0.05) is 28.4 Å². The van der Waals surface area contributed by atoms with Crippen LogP contribution in [-0.4, -0.2) is 45.5 Å². The predicted molar refractivity (Wildman–Crippen MR) is 117 cm³/mol. The van der Waals surface area contributed by atoms with Gasteiger partial charge in [-0.05, 0) is 63.6 Å². The standard InChI is InChI=1S/C24H24F6N2O3/c1-22(2,3)35-21(34)31-9-8-19(20(33)12-31)32-17-6-4-13(23(25,26)27)10-15(17)16-11-14(24(28,29)30)5-7-18(16)32/h4-7,10-11,19-20,33H,8-9,12H2,1-3H3. The van der Waals surface area contributed by atoms with Crippen molar-refractivity contribution in [2.24, 2.45) is 0 Å². The summed E-state index contributed by atoms with van der Waals surface area (Å²) in [6.45, 7) is 5.21. The third-order valence-corrected chi connectivity index (χ3v) is 5.99. The van der Waals surface area contributed by atoms with Gasteiger partial charge in [-0.1, -0.05) is 0 Å². The fourth-order valence-corrected chi connectivity index (χ4v) is 4.48. The molecule has 4 rings (SSSR count). The number of likely N-dealkylation sites (tertiary alicyclic amines) is 1. The highest BCUT2D eigenvalue weighted by Gasteiger charge is 2.37. The summed E-state index contributed by atoms with van der Waals surface area (Å²) in [5.41, 5.74) is -2.18. The first-order chi connectivity index (χ1) is 16.1. The van der Waals surface area contributed by atoms with Crippen LogP contribution in [0.4, 0.5) is 31.1 Å². The lowest BCUT2D eigenvalue weighted by Gasteiger charge is -2.37. The van der Waals surface area contributed by atoms with E-state index in [4.69, 9.17) is 4.74 Å². The molecule has 0 aliphatic carbocycles. The van der Waals surface area contributed by atoms with Gasteiger partial charge in [-0.25, -0.2) is 4.79 Å². The molecule has 0 radical (unpaired) electrons. The monoisotopic (exact) mass is 502 g/mol. The van der Waals surface area contributed by atoms with Crippen molar-refractivity contribution in [3.05, 3.63) is 47.5 Å². The highest BCUT2D eigenvalue weighted by molar-refractivity contribution is 6.08. The fourth-order valence-electron chi connectivity index (χ4n) is 4.48. The minimum absolute atomic E-state index is 0.00250. The Morgan fingerprint density at radius 3 is 1.80 bits per heavy atom. The maximum Gasteiger partial charge on any atom is 0.416 e. The van der Waals surface area contributed by atoms with Crippen molar-refractivity contribution in [1.29, 1.82) is 0 Å². The quantitative estimate of drug-likeness (QED) is 0.393. The molecule has 1 amide bonds. The number of β-amino-alcohol motifs (C(OH)–C–C–N with tert-alkyl or cyclic N) is 1. The first-order valence-corrected chi connectivity index (χ1v) is 10.9. The number of amides is 1. The Morgan fingerprint density at radius 2 is 1.40 bits per heavy atom. The average molecular weight is 502 g/mol. The molecule has 2 aromatic carbocycles. The van der Waals surface area contributed by atoms with E-state index >= 15 is 0 Å². The molecule has 2 heterocycles. The third-order valence-electron chi connectivity index (χ3n) is 5.99. The van der Waals surface area contributed by atoms with Crippen molar-refractivity contribution in [2.45, 2.75) is 57.3 Å². The van der Waals surface area contributed by atoms with Crippen LogP contribution in [-0.2, 0) is 17.1 Å². The zero-order chi connectivity index (χ0) is 25.9. The summed E-state index contributed by atoms with van der Waals surface area (Å²) in [6.07, 6.45) is -10.9. The SMILES string of the molecule is CC(C)(C)OC(=O)N1CCC(n2c3ccc(C(F)(F)F)cc3c3cc(C(F)(F)F)ccc32)C(O)C1. The molecule has 35 heavy (non-hydrogen) atoms. The molecule has 0 bridgehead atoms. The van der Waals surface area contributed by atoms with E-state index < -0.39 is 47.3 Å². The summed E-state index contributed by atoms with van der Waals surface area (Å²) in [5.74, 6) is 0. The predicted octanol–water partition coefficient (Wildman–Crippen LogP) is 6.37. The molecule has 1 N–H and O–H groups in total. The van der Waals surface area contributed by atoms with E-state index in [9.17, 15) is 36.2 Å². The Morgan fingerprint density at radius 1 is 0.914 bits per heavy atom. The molecule has 1 fully saturated rings. The van der Waals surface area contributed by atoms with Crippen LogP contribution in [0.2, 0.25) is 0 Å². The van der Waals surface area contributed by atoms with Crippen LogP contribution < -0.4 is 0 Å². The van der Waals surface area contributed by atoms with Gasteiger partial charge in [-0.3, -0.25) is 0 Å². The molecule has 1 saturated heterocycles. The van der Waals surface area contributed by atoms with Gasteiger partial charge in [-0.15, -0.1) is 0 Å². The van der Waals surface area contributed by atoms with Crippen molar-refractivity contribution in [2.75, 3.05) is 13.1 Å². The van der Waals surface area contributed by atoms with Crippen molar-refractivity contribution in [3.63, 3.8) is 0 Å². The maximum atomic E-state index is 13.4. The molecule has 5 nitrogen and oxygen atoms in total. The van der Waals surface area contributed by atoms with Crippen LogP contribution >= 0.6 is 0 Å². The number of aromatic nitrogens is 1. The number of hydrogen-bond acceptors (Lipinski definition) is 3. The average Bonchev–Trinajstić information content (AvgIpc) is 3.04. The number of rotatable bonds is 1. The molecule has 2 unspecified atom stereocenters. The van der Waals surface area contributed by atoms with Crippen LogP contribution in [0.15, 0.2) is 36.4 Å². The van der Waals surface area contributed by atoms with E-state index in [1.807, 2.05) is 0 Å². The second-order valence-corrected chi connectivity index (χ2v) is 9.68. The van der Waals surface area contributed by atoms with Gasteiger partial charge in [-0.2, -0.15) is 26.3 Å². The van der Waals surface area contributed by atoms with E-state index in [1.165, 1.54) is 17.0 Å². The van der Waals surface area contributed by atoms with Crippen LogP contribution in [0.3, 0.4) is 0 Å². The molecule has 0 spiro atoms. The second-order valence-electron chi connectivity index (χ2n) is 9.68. The van der Waals surface area contributed by atoms with Crippen LogP contribution in [0, 0.1) is 0 Å². The second kappa shape index (κ2) is 8.32. The number of carbonyl (C=O) groups excluding carboxylic acids is 1. The van der Waals surface area contributed by atoms with Crippen LogP contribution in [0.1, 0.15) is 44.4 Å². The molecule has 2 atom stereocenters. The highest BCUT2D eigenvalue weighted by atomic mass is 19.4. The molecular formula is C24H24F6N2O3. The zero-order valence-corrected chi connectivity index (χ0v) is 19.2. The number of fused-ring (bicyclic) bond motifs is 3. The van der Waals surface area contributed by atoms with Crippen molar-refractivity contribution in [1.82, 2.24) is 9.47 Å². The maximum absolute atomic E-state index is 13.4. The minimum Gasteiger partial charge on any atom is -0.444 e. The molecule has 190 valence electrons. The first kappa shape index (κ1) is 25.2. The molecule has 11 heteroatoms. The summed E-state index contributed by atoms with van der Waals surface area (Å²) in [7, 11) is 0. The number of halogens is 6. The van der Waals surface area contributed by atoms with Crippen molar-refractivity contribution < 1.29 is 41.0 Å². The van der Waals surface area contributed by atoms with Crippen LogP contribution in [0.25, 0.3) is 21.8 Å². The lowest BCUT2D eigenvalue weighted by molar-refractivity contribution is -0.138. The van der Waals surface area contributed by atoms with E-state index in [2.05, 4.69) is 0 Å². The smallest absolute Gasteiger partial charge is 0.416 e. The van der Waals surface area contributed by atoms with Gasteiger partial charge < -0.3 is 19.3 Å². The minimum atomic E-state index is -4.68. The van der Waals surface area contributed by atoms with E-state index in [1.54, 1.807) is 25.3 Å². The number of carbonyl (C=O) groups is 1. The summed E-state index contributed by atoms with van der Waals surface area (Å²) < 4.78 is 87.1. The summed E-state index contributed by atoms with van der Waals surface area (Å²) >= 11 is 0. The number of nitrogens with zero attached hydrogens (tertiary/aromatic N) is 2. The molecule has 1 aromatic heterocycles.